The standard InChI is InChI=1S/C16H30N4/c1-9-16(7,8)20-13-11(3)12(17-10-2)18-14(19-13)15(4,5)6/h9-10H2,1-8H3,(H2,17,18,19,20). The number of nitrogens with one attached hydrogen (secondary N) is 2. The zero-order valence-electron chi connectivity index (χ0n) is 14.3. The molecule has 0 fully saturated rings. The van der Waals surface area contributed by atoms with Crippen molar-refractivity contribution in [3.63, 3.8) is 0 Å². The van der Waals surface area contributed by atoms with Gasteiger partial charge >= 0.3 is 0 Å². The van der Waals surface area contributed by atoms with Crippen LogP contribution < -0.4 is 10.6 Å². The lowest BCUT2D eigenvalue weighted by atomic mass is 9.95. The number of rotatable bonds is 5. The lowest BCUT2D eigenvalue weighted by Gasteiger charge is -2.28. The number of nitrogens with zero attached hydrogens (tertiary/aromatic N) is 2. The van der Waals surface area contributed by atoms with Crippen molar-refractivity contribution in [1.29, 1.82) is 0 Å². The topological polar surface area (TPSA) is 49.8 Å². The van der Waals surface area contributed by atoms with Gasteiger partial charge in [0, 0.05) is 23.1 Å². The largest absolute Gasteiger partial charge is 0.370 e. The highest BCUT2D eigenvalue weighted by Crippen LogP contribution is 2.28. The van der Waals surface area contributed by atoms with E-state index in [0.29, 0.717) is 0 Å². The molecule has 0 saturated carbocycles. The second-order valence-electron chi connectivity index (χ2n) is 7.01. The molecule has 2 N–H and O–H groups in total. The first-order chi connectivity index (χ1) is 9.10. The molecule has 0 saturated heterocycles. The van der Waals surface area contributed by atoms with Crippen molar-refractivity contribution in [3.05, 3.63) is 11.4 Å². The molecular formula is C16H30N4. The molecule has 0 unspecified atom stereocenters. The quantitative estimate of drug-likeness (QED) is 0.851. The number of aromatic nitrogens is 2. The minimum Gasteiger partial charge on any atom is -0.370 e. The highest BCUT2D eigenvalue weighted by Gasteiger charge is 2.23. The monoisotopic (exact) mass is 278 g/mol. The van der Waals surface area contributed by atoms with Gasteiger partial charge in [-0.1, -0.05) is 27.7 Å². The van der Waals surface area contributed by atoms with Crippen LogP contribution in [-0.4, -0.2) is 22.1 Å². The van der Waals surface area contributed by atoms with Gasteiger partial charge in [-0.25, -0.2) is 9.97 Å². The van der Waals surface area contributed by atoms with E-state index >= 15 is 0 Å². The lowest BCUT2D eigenvalue weighted by molar-refractivity contribution is 0.529. The minimum atomic E-state index is -0.0648. The normalized spacial score (nSPS) is 12.4. The van der Waals surface area contributed by atoms with Gasteiger partial charge in [-0.2, -0.15) is 0 Å². The molecule has 0 amide bonds. The maximum absolute atomic E-state index is 4.76. The highest BCUT2D eigenvalue weighted by molar-refractivity contribution is 5.58. The number of hydrogen-bond acceptors (Lipinski definition) is 4. The van der Waals surface area contributed by atoms with E-state index in [4.69, 9.17) is 4.98 Å². The Kier molecular flexibility index (Phi) is 5.00. The van der Waals surface area contributed by atoms with Crippen LogP contribution in [0.1, 0.15) is 66.3 Å². The van der Waals surface area contributed by atoms with E-state index in [1.807, 2.05) is 0 Å². The van der Waals surface area contributed by atoms with E-state index in [9.17, 15) is 0 Å². The fourth-order valence-corrected chi connectivity index (χ4v) is 1.72. The van der Waals surface area contributed by atoms with Gasteiger partial charge in [0.1, 0.15) is 17.5 Å². The van der Waals surface area contributed by atoms with E-state index in [1.54, 1.807) is 0 Å². The number of anilines is 2. The van der Waals surface area contributed by atoms with Crippen LogP contribution >= 0.6 is 0 Å². The van der Waals surface area contributed by atoms with Gasteiger partial charge in [-0.15, -0.1) is 0 Å². The van der Waals surface area contributed by atoms with Crippen LogP contribution in [0.3, 0.4) is 0 Å². The van der Waals surface area contributed by atoms with Crippen molar-refractivity contribution in [2.24, 2.45) is 0 Å². The second-order valence-corrected chi connectivity index (χ2v) is 7.01. The summed E-state index contributed by atoms with van der Waals surface area (Å²) in [6.45, 7) is 18.0. The molecule has 0 radical (unpaired) electrons. The Bertz CT molecular complexity index is 458. The predicted octanol–water partition coefficient (Wildman–Crippen LogP) is 4.11. The molecule has 4 heteroatoms. The molecule has 0 aromatic carbocycles. The van der Waals surface area contributed by atoms with Crippen molar-refractivity contribution in [2.45, 2.75) is 72.8 Å². The summed E-state index contributed by atoms with van der Waals surface area (Å²) < 4.78 is 0. The average molecular weight is 278 g/mol. The zero-order valence-corrected chi connectivity index (χ0v) is 14.3. The summed E-state index contributed by atoms with van der Waals surface area (Å²) in [5, 5.41) is 6.90. The molecule has 0 spiro atoms. The van der Waals surface area contributed by atoms with Gasteiger partial charge < -0.3 is 10.6 Å². The van der Waals surface area contributed by atoms with Crippen molar-refractivity contribution in [2.75, 3.05) is 17.2 Å². The van der Waals surface area contributed by atoms with Gasteiger partial charge in [0.15, 0.2) is 0 Å². The molecule has 0 aliphatic carbocycles. The van der Waals surface area contributed by atoms with Crippen molar-refractivity contribution < 1.29 is 0 Å². The Labute approximate surface area is 123 Å². The van der Waals surface area contributed by atoms with E-state index in [0.717, 1.165) is 36.0 Å². The molecule has 0 aliphatic heterocycles. The molecule has 114 valence electrons. The first-order valence-electron chi connectivity index (χ1n) is 7.52. The minimum absolute atomic E-state index is 0.0255. The Morgan fingerprint density at radius 2 is 1.50 bits per heavy atom. The summed E-state index contributed by atoms with van der Waals surface area (Å²) in [6, 6.07) is 0. The SMILES string of the molecule is CCNc1nc(C(C)(C)C)nc(NC(C)(C)CC)c1C. The highest BCUT2D eigenvalue weighted by atomic mass is 15.1. The Morgan fingerprint density at radius 3 is 1.95 bits per heavy atom. The fraction of sp³-hybridized carbons (Fsp3) is 0.750. The second kappa shape index (κ2) is 5.98. The van der Waals surface area contributed by atoms with Crippen LogP contribution in [0.15, 0.2) is 0 Å². The van der Waals surface area contributed by atoms with Crippen LogP contribution in [0.4, 0.5) is 11.6 Å². The summed E-state index contributed by atoms with van der Waals surface area (Å²) in [5.41, 5.74) is 1.05. The van der Waals surface area contributed by atoms with E-state index in [2.05, 4.69) is 71.0 Å². The smallest absolute Gasteiger partial charge is 0.138 e. The third kappa shape index (κ3) is 4.09. The van der Waals surface area contributed by atoms with Crippen LogP contribution in [0, 0.1) is 6.92 Å². The third-order valence-corrected chi connectivity index (χ3v) is 3.50. The van der Waals surface area contributed by atoms with E-state index < -0.39 is 0 Å². The molecule has 1 aromatic rings. The summed E-state index contributed by atoms with van der Waals surface area (Å²) in [7, 11) is 0. The van der Waals surface area contributed by atoms with Gasteiger partial charge in [0.05, 0.1) is 0 Å². The van der Waals surface area contributed by atoms with Gasteiger partial charge in [0.25, 0.3) is 0 Å². The average Bonchev–Trinajstić information content (AvgIpc) is 2.32. The van der Waals surface area contributed by atoms with Crippen LogP contribution in [0.25, 0.3) is 0 Å². The summed E-state index contributed by atoms with van der Waals surface area (Å²) in [4.78, 5) is 9.44. The maximum Gasteiger partial charge on any atom is 0.138 e. The molecule has 20 heavy (non-hydrogen) atoms. The Hall–Kier alpha value is -1.32. The van der Waals surface area contributed by atoms with Gasteiger partial charge in [-0.05, 0) is 34.1 Å². The first-order valence-corrected chi connectivity index (χ1v) is 7.52. The Morgan fingerprint density at radius 1 is 0.950 bits per heavy atom. The predicted molar refractivity (Wildman–Crippen MR) is 87.6 cm³/mol. The third-order valence-electron chi connectivity index (χ3n) is 3.50. The zero-order chi connectivity index (χ0) is 15.6. The Balaban J connectivity index is 3.31. The van der Waals surface area contributed by atoms with Gasteiger partial charge in [-0.3, -0.25) is 0 Å². The van der Waals surface area contributed by atoms with Crippen molar-refractivity contribution >= 4 is 11.6 Å². The summed E-state index contributed by atoms with van der Waals surface area (Å²) in [6.07, 6.45) is 1.04. The molecular weight excluding hydrogens is 248 g/mol. The fourth-order valence-electron chi connectivity index (χ4n) is 1.72. The summed E-state index contributed by atoms with van der Waals surface area (Å²) >= 11 is 0. The number of hydrogen-bond donors (Lipinski definition) is 2. The maximum atomic E-state index is 4.76. The van der Waals surface area contributed by atoms with Gasteiger partial charge in [0.2, 0.25) is 0 Å². The molecule has 1 rings (SSSR count). The molecule has 4 nitrogen and oxygen atoms in total. The van der Waals surface area contributed by atoms with E-state index in [-0.39, 0.29) is 11.0 Å². The van der Waals surface area contributed by atoms with Crippen molar-refractivity contribution in [1.82, 2.24) is 9.97 Å². The first kappa shape index (κ1) is 16.7. The van der Waals surface area contributed by atoms with Crippen LogP contribution in [0.2, 0.25) is 0 Å². The molecule has 1 aromatic heterocycles. The summed E-state index contributed by atoms with van der Waals surface area (Å²) in [5.74, 6) is 2.74. The molecule has 1 heterocycles. The molecule has 0 aliphatic rings. The van der Waals surface area contributed by atoms with Crippen LogP contribution in [0.5, 0.6) is 0 Å². The van der Waals surface area contributed by atoms with Crippen LogP contribution in [-0.2, 0) is 5.41 Å². The molecule has 0 bridgehead atoms. The molecule has 0 atom stereocenters. The lowest BCUT2D eigenvalue weighted by Crippen LogP contribution is -2.31. The van der Waals surface area contributed by atoms with E-state index in [1.165, 1.54) is 0 Å². The van der Waals surface area contributed by atoms with Crippen molar-refractivity contribution in [3.8, 4) is 0 Å².